The molecule has 1 N–H and O–H groups in total. The Morgan fingerprint density at radius 2 is 2.29 bits per heavy atom. The predicted octanol–water partition coefficient (Wildman–Crippen LogP) is 2.39. The van der Waals surface area contributed by atoms with Crippen LogP contribution >= 0.6 is 0 Å². The molecule has 1 aromatic carbocycles. The molecule has 0 spiro atoms. The summed E-state index contributed by atoms with van der Waals surface area (Å²) < 4.78 is 5.08. The van der Waals surface area contributed by atoms with Crippen molar-refractivity contribution in [2.75, 3.05) is 19.0 Å². The monoisotopic (exact) mass is 190 g/mol. The van der Waals surface area contributed by atoms with Crippen LogP contribution in [0.25, 0.3) is 0 Å². The number of rotatable bonds is 4. The van der Waals surface area contributed by atoms with Crippen molar-refractivity contribution in [1.82, 2.24) is 0 Å². The molecule has 0 saturated carbocycles. The zero-order valence-corrected chi connectivity index (χ0v) is 8.50. The Kier molecular flexibility index (Phi) is 3.81. The summed E-state index contributed by atoms with van der Waals surface area (Å²) in [5.41, 5.74) is 1.49. The van der Waals surface area contributed by atoms with Gasteiger partial charge in [0, 0.05) is 12.6 Å². The van der Waals surface area contributed by atoms with E-state index >= 15 is 0 Å². The van der Waals surface area contributed by atoms with E-state index in [2.05, 4.69) is 18.3 Å². The van der Waals surface area contributed by atoms with Crippen molar-refractivity contribution in [2.45, 2.75) is 13.3 Å². The average Bonchev–Trinajstić information content (AvgIpc) is 2.25. The minimum atomic E-state index is 0.652. The lowest BCUT2D eigenvalue weighted by Crippen LogP contribution is -2.01. The van der Waals surface area contributed by atoms with Gasteiger partial charge in [-0.2, -0.15) is 5.26 Å². The number of nitriles is 1. The van der Waals surface area contributed by atoms with Crippen LogP contribution in [0.1, 0.15) is 18.9 Å². The molecule has 0 aliphatic rings. The zero-order valence-electron chi connectivity index (χ0n) is 8.50. The number of ether oxygens (including phenoxy) is 1. The lowest BCUT2D eigenvalue weighted by molar-refractivity contribution is 0.415. The summed E-state index contributed by atoms with van der Waals surface area (Å²) >= 11 is 0. The van der Waals surface area contributed by atoms with Crippen LogP contribution in [-0.2, 0) is 0 Å². The largest absolute Gasteiger partial charge is 0.497 e. The summed E-state index contributed by atoms with van der Waals surface area (Å²) in [5.74, 6) is 0.766. The lowest BCUT2D eigenvalue weighted by atomic mass is 10.2. The summed E-state index contributed by atoms with van der Waals surface area (Å²) in [6, 6.07) is 7.53. The van der Waals surface area contributed by atoms with Crippen molar-refractivity contribution in [1.29, 1.82) is 5.26 Å². The van der Waals surface area contributed by atoms with Crippen LogP contribution in [0, 0.1) is 11.3 Å². The van der Waals surface area contributed by atoms with Crippen LogP contribution in [0.15, 0.2) is 18.2 Å². The smallest absolute Gasteiger partial charge is 0.121 e. The highest BCUT2D eigenvalue weighted by molar-refractivity contribution is 5.60. The second-order valence-corrected chi connectivity index (χ2v) is 2.95. The molecule has 0 heterocycles. The number of hydrogen-bond donors (Lipinski definition) is 1. The van der Waals surface area contributed by atoms with Crippen LogP contribution in [0.2, 0.25) is 0 Å². The molecular weight excluding hydrogens is 176 g/mol. The first-order valence-corrected chi connectivity index (χ1v) is 4.63. The Labute approximate surface area is 84.3 Å². The van der Waals surface area contributed by atoms with Gasteiger partial charge in [0.2, 0.25) is 0 Å². The highest BCUT2D eigenvalue weighted by Gasteiger charge is 2.02. The highest BCUT2D eigenvalue weighted by Crippen LogP contribution is 2.21. The number of methoxy groups -OCH3 is 1. The zero-order chi connectivity index (χ0) is 10.4. The summed E-state index contributed by atoms with van der Waals surface area (Å²) in [7, 11) is 1.62. The molecule has 3 heteroatoms. The molecule has 0 fully saturated rings. The third kappa shape index (κ3) is 2.40. The molecule has 0 amide bonds. The second-order valence-electron chi connectivity index (χ2n) is 2.95. The molecule has 74 valence electrons. The van der Waals surface area contributed by atoms with E-state index in [0.29, 0.717) is 5.56 Å². The molecule has 0 aliphatic heterocycles. The van der Waals surface area contributed by atoms with Gasteiger partial charge < -0.3 is 10.1 Å². The Morgan fingerprint density at radius 1 is 1.50 bits per heavy atom. The summed E-state index contributed by atoms with van der Waals surface area (Å²) in [5, 5.41) is 12.0. The van der Waals surface area contributed by atoms with Crippen LogP contribution in [0.5, 0.6) is 5.75 Å². The maximum Gasteiger partial charge on any atom is 0.121 e. The molecule has 3 nitrogen and oxygen atoms in total. The van der Waals surface area contributed by atoms with Gasteiger partial charge in [0.1, 0.15) is 11.8 Å². The molecule has 0 aliphatic carbocycles. The Balaban J connectivity index is 2.91. The molecule has 0 radical (unpaired) electrons. The van der Waals surface area contributed by atoms with Crippen molar-refractivity contribution in [2.24, 2.45) is 0 Å². The topological polar surface area (TPSA) is 45.0 Å². The SMILES string of the molecule is CCCNc1cc(OC)ccc1C#N. The van der Waals surface area contributed by atoms with Crippen LogP contribution in [0.4, 0.5) is 5.69 Å². The van der Waals surface area contributed by atoms with Gasteiger partial charge in [-0.05, 0) is 18.6 Å². The van der Waals surface area contributed by atoms with Crippen LogP contribution in [-0.4, -0.2) is 13.7 Å². The van der Waals surface area contributed by atoms with Gasteiger partial charge in [-0.15, -0.1) is 0 Å². The minimum Gasteiger partial charge on any atom is -0.497 e. The van der Waals surface area contributed by atoms with Crippen molar-refractivity contribution in [3.8, 4) is 11.8 Å². The van der Waals surface area contributed by atoms with Crippen molar-refractivity contribution >= 4 is 5.69 Å². The molecule has 14 heavy (non-hydrogen) atoms. The molecule has 0 bridgehead atoms. The van der Waals surface area contributed by atoms with Crippen molar-refractivity contribution < 1.29 is 4.74 Å². The van der Waals surface area contributed by atoms with E-state index in [1.54, 1.807) is 19.2 Å². The fraction of sp³-hybridized carbons (Fsp3) is 0.364. The standard InChI is InChI=1S/C11H14N2O/c1-3-6-13-11-7-10(14-2)5-4-9(11)8-12/h4-5,7,13H,3,6H2,1-2H3. The van der Waals surface area contributed by atoms with E-state index in [1.807, 2.05) is 6.07 Å². The third-order valence-corrected chi connectivity index (χ3v) is 1.91. The van der Waals surface area contributed by atoms with Crippen molar-refractivity contribution in [3.05, 3.63) is 23.8 Å². The molecular formula is C11H14N2O. The number of hydrogen-bond acceptors (Lipinski definition) is 3. The first-order valence-electron chi connectivity index (χ1n) is 4.63. The maximum absolute atomic E-state index is 8.85. The second kappa shape index (κ2) is 5.13. The summed E-state index contributed by atoms with van der Waals surface area (Å²) in [4.78, 5) is 0. The van der Waals surface area contributed by atoms with Gasteiger partial charge in [0.05, 0.1) is 18.4 Å². The quantitative estimate of drug-likeness (QED) is 0.792. The lowest BCUT2D eigenvalue weighted by Gasteiger charge is -2.08. The molecule has 1 aromatic rings. The number of benzene rings is 1. The fourth-order valence-electron chi connectivity index (χ4n) is 1.15. The van der Waals surface area contributed by atoms with Gasteiger partial charge >= 0.3 is 0 Å². The van der Waals surface area contributed by atoms with Crippen molar-refractivity contribution in [3.63, 3.8) is 0 Å². The van der Waals surface area contributed by atoms with Gasteiger partial charge in [0.15, 0.2) is 0 Å². The van der Waals surface area contributed by atoms with Gasteiger partial charge in [-0.1, -0.05) is 6.92 Å². The number of anilines is 1. The first-order chi connectivity index (χ1) is 6.81. The highest BCUT2D eigenvalue weighted by atomic mass is 16.5. The number of nitrogens with zero attached hydrogens (tertiary/aromatic N) is 1. The first kappa shape index (κ1) is 10.4. The van der Waals surface area contributed by atoms with E-state index in [-0.39, 0.29) is 0 Å². The molecule has 0 unspecified atom stereocenters. The molecule has 0 atom stereocenters. The molecule has 0 saturated heterocycles. The Hall–Kier alpha value is -1.69. The van der Waals surface area contributed by atoms with Gasteiger partial charge in [-0.3, -0.25) is 0 Å². The fourth-order valence-corrected chi connectivity index (χ4v) is 1.15. The summed E-state index contributed by atoms with van der Waals surface area (Å²) in [6.45, 7) is 2.95. The van der Waals surface area contributed by atoms with E-state index in [0.717, 1.165) is 24.4 Å². The van der Waals surface area contributed by atoms with Gasteiger partial charge in [0.25, 0.3) is 0 Å². The van der Waals surface area contributed by atoms with Gasteiger partial charge in [-0.25, -0.2) is 0 Å². The molecule has 1 rings (SSSR count). The third-order valence-electron chi connectivity index (χ3n) is 1.91. The minimum absolute atomic E-state index is 0.652. The van der Waals surface area contributed by atoms with Crippen LogP contribution in [0.3, 0.4) is 0 Å². The van der Waals surface area contributed by atoms with E-state index in [9.17, 15) is 0 Å². The van der Waals surface area contributed by atoms with E-state index in [4.69, 9.17) is 10.00 Å². The Bertz CT molecular complexity index is 342. The molecule has 0 aromatic heterocycles. The van der Waals surface area contributed by atoms with E-state index < -0.39 is 0 Å². The average molecular weight is 190 g/mol. The van der Waals surface area contributed by atoms with E-state index in [1.165, 1.54) is 0 Å². The normalized spacial score (nSPS) is 9.21. The summed E-state index contributed by atoms with van der Waals surface area (Å²) in [6.07, 6.45) is 1.03. The predicted molar refractivity (Wildman–Crippen MR) is 56.5 cm³/mol. The van der Waals surface area contributed by atoms with Crippen LogP contribution < -0.4 is 10.1 Å². The number of nitrogens with one attached hydrogen (secondary N) is 1. The maximum atomic E-state index is 8.85. The Morgan fingerprint density at radius 3 is 2.86 bits per heavy atom.